The van der Waals surface area contributed by atoms with Crippen molar-refractivity contribution in [2.75, 3.05) is 39.4 Å². The van der Waals surface area contributed by atoms with Crippen LogP contribution in [0.5, 0.6) is 0 Å². The van der Waals surface area contributed by atoms with Crippen LogP contribution in [0, 0.1) is 11.8 Å². The number of allylic oxidation sites excluding steroid dienone is 8. The van der Waals surface area contributed by atoms with Gasteiger partial charge in [0.15, 0.2) is 6.10 Å². The largest absolute Gasteiger partial charge is 0.462 e. The fraction of sp³-hybridized carbons (Fsp3) is 0.800. The van der Waals surface area contributed by atoms with E-state index < -0.39 is 24.3 Å². The Bertz CT molecular complexity index is 1320. The predicted octanol–water partition coefficient (Wildman–Crippen LogP) is 15.8. The summed E-state index contributed by atoms with van der Waals surface area (Å²) in [4.78, 5) is 54.3. The molecule has 2 atom stereocenters. The van der Waals surface area contributed by atoms with E-state index in [0.29, 0.717) is 31.2 Å². The summed E-state index contributed by atoms with van der Waals surface area (Å²) in [5.41, 5.74) is 0. The molecule has 0 aromatic rings. The number of nitrogens with zero attached hydrogens (tertiary/aromatic N) is 1. The zero-order valence-corrected chi connectivity index (χ0v) is 45.7. The number of unbranched alkanes of at least 4 members (excludes halogenated alkanes) is 16. The minimum atomic E-state index is -0.927. The maximum atomic E-state index is 13.4. The van der Waals surface area contributed by atoms with Gasteiger partial charge in [0.25, 0.3) is 0 Å². The first-order valence-corrected chi connectivity index (χ1v) is 28.9. The maximum absolute atomic E-state index is 13.4. The first-order chi connectivity index (χ1) is 34.1. The summed E-state index contributed by atoms with van der Waals surface area (Å²) in [6, 6.07) is 0. The Labute approximate surface area is 429 Å². The molecule has 404 valence electrons. The van der Waals surface area contributed by atoms with Crippen LogP contribution in [-0.2, 0) is 33.3 Å². The van der Waals surface area contributed by atoms with Gasteiger partial charge < -0.3 is 29.2 Å². The Balaban J connectivity index is 2.64. The molecule has 1 N–H and O–H groups in total. The van der Waals surface area contributed by atoms with Crippen molar-refractivity contribution < 1.29 is 38.1 Å². The number of ether oxygens (including phenoxy) is 4. The molecule has 70 heavy (non-hydrogen) atoms. The molecule has 0 aromatic carbocycles. The van der Waals surface area contributed by atoms with E-state index in [1.54, 1.807) is 0 Å². The van der Waals surface area contributed by atoms with Gasteiger partial charge in [0, 0.05) is 32.4 Å². The molecule has 10 nitrogen and oxygen atoms in total. The lowest BCUT2D eigenvalue weighted by molar-refractivity contribution is -0.167. The van der Waals surface area contributed by atoms with Crippen molar-refractivity contribution in [3.63, 3.8) is 0 Å². The van der Waals surface area contributed by atoms with Crippen molar-refractivity contribution in [3.05, 3.63) is 48.6 Å². The third-order valence-electron chi connectivity index (χ3n) is 13.1. The van der Waals surface area contributed by atoms with Crippen molar-refractivity contribution in [1.29, 1.82) is 0 Å². The number of rotatable bonds is 47. The molecule has 0 aliphatic carbocycles. The Morgan fingerprint density at radius 1 is 0.486 bits per heavy atom. The van der Waals surface area contributed by atoms with Crippen LogP contribution in [0.25, 0.3) is 0 Å². The van der Waals surface area contributed by atoms with Crippen molar-refractivity contribution >= 4 is 24.0 Å². The third-order valence-corrected chi connectivity index (χ3v) is 13.1. The highest BCUT2D eigenvalue weighted by Crippen LogP contribution is 2.21. The molecule has 0 aromatic heterocycles. The van der Waals surface area contributed by atoms with Crippen molar-refractivity contribution in [1.82, 2.24) is 10.2 Å². The molecule has 0 bridgehead atoms. The molecule has 1 fully saturated rings. The smallest absolute Gasteiger partial charge is 0.407 e. The normalized spacial score (nSPS) is 14.2. The van der Waals surface area contributed by atoms with E-state index in [1.165, 1.54) is 70.6 Å². The lowest BCUT2D eigenvalue weighted by Crippen LogP contribution is -2.36. The molecule has 1 heterocycles. The molecule has 1 amide bonds. The van der Waals surface area contributed by atoms with E-state index in [0.717, 1.165) is 129 Å². The van der Waals surface area contributed by atoms with E-state index in [9.17, 15) is 19.2 Å². The highest BCUT2D eigenvalue weighted by Gasteiger charge is 2.23. The zero-order chi connectivity index (χ0) is 51.0. The Morgan fingerprint density at radius 3 is 1.47 bits per heavy atom. The predicted molar refractivity (Wildman–Crippen MR) is 291 cm³/mol. The second-order valence-electron chi connectivity index (χ2n) is 20.5. The van der Waals surface area contributed by atoms with Crippen LogP contribution in [0.1, 0.15) is 247 Å². The second kappa shape index (κ2) is 47.9. The van der Waals surface area contributed by atoms with Gasteiger partial charge in [-0.2, -0.15) is 0 Å². The lowest BCUT2D eigenvalue weighted by Gasteiger charge is -2.22. The van der Waals surface area contributed by atoms with Gasteiger partial charge in [-0.15, -0.1) is 0 Å². The van der Waals surface area contributed by atoms with E-state index in [1.807, 2.05) is 0 Å². The number of hydrogen-bond acceptors (Lipinski definition) is 9. The average Bonchev–Trinajstić information content (AvgIpc) is 3.86. The molecule has 1 rings (SSSR count). The van der Waals surface area contributed by atoms with Crippen LogP contribution < -0.4 is 5.32 Å². The fourth-order valence-electron chi connectivity index (χ4n) is 8.58. The zero-order valence-electron chi connectivity index (χ0n) is 45.7. The van der Waals surface area contributed by atoms with Crippen molar-refractivity contribution in [2.24, 2.45) is 11.8 Å². The van der Waals surface area contributed by atoms with Crippen LogP contribution in [0.2, 0.25) is 0 Å². The number of alkyl carbamates (subject to hydrolysis) is 1. The van der Waals surface area contributed by atoms with Gasteiger partial charge in [-0.05, 0) is 134 Å². The summed E-state index contributed by atoms with van der Waals surface area (Å²) >= 11 is 0. The Hall–Kier alpha value is -3.40. The molecule has 0 radical (unpaired) electrons. The van der Waals surface area contributed by atoms with E-state index in [-0.39, 0.29) is 44.4 Å². The van der Waals surface area contributed by atoms with Gasteiger partial charge in [-0.25, -0.2) is 4.79 Å². The molecule has 2 unspecified atom stereocenters. The topological polar surface area (TPSA) is 120 Å². The number of hydrogen-bond donors (Lipinski definition) is 1. The molecule has 1 aliphatic heterocycles. The van der Waals surface area contributed by atoms with Crippen molar-refractivity contribution in [3.8, 4) is 0 Å². The lowest BCUT2D eigenvalue weighted by atomic mass is 9.94. The van der Waals surface area contributed by atoms with Crippen LogP contribution in [-0.4, -0.2) is 80.5 Å². The van der Waals surface area contributed by atoms with E-state index >= 15 is 0 Å². The quantitative estimate of drug-likeness (QED) is 0.0275. The third kappa shape index (κ3) is 43.4. The number of nitrogens with one attached hydrogen (secondary N) is 1. The standard InChI is InChI=1S/C60H106N2O8/c1-6-8-10-12-14-16-18-20-22-24-26-28-30-32-34-41-57(63)67-51-56(52-68-58(64)42-35-33-31-29-27-25-23-21-19-17-15-13-11-9-7-2)69-59(65)46-45-55(44-43-54(5)40-38-39-53(3)4)70-60(66)61-47-50-62-48-36-37-49-62/h14-17,20-23,53-56H,6-13,18-19,24-52H2,1-5H3,(H,61,66)/b16-14-,17-15-,22-20-,23-21-. The summed E-state index contributed by atoms with van der Waals surface area (Å²) in [6.45, 7) is 14.2. The summed E-state index contributed by atoms with van der Waals surface area (Å²) < 4.78 is 22.9. The Morgan fingerprint density at radius 2 is 0.971 bits per heavy atom. The number of carbonyl (C=O) groups is 4. The first kappa shape index (κ1) is 64.6. The van der Waals surface area contributed by atoms with Crippen molar-refractivity contribution in [2.45, 2.75) is 259 Å². The van der Waals surface area contributed by atoms with Gasteiger partial charge in [0.05, 0.1) is 0 Å². The number of carbonyl (C=O) groups excluding carboxylic acids is 4. The van der Waals surface area contributed by atoms with Gasteiger partial charge in [0.2, 0.25) is 0 Å². The first-order valence-electron chi connectivity index (χ1n) is 28.9. The summed E-state index contributed by atoms with van der Waals surface area (Å²) in [5, 5.41) is 2.91. The van der Waals surface area contributed by atoms with Crippen LogP contribution in [0.3, 0.4) is 0 Å². The van der Waals surface area contributed by atoms with E-state index in [4.69, 9.17) is 18.9 Å². The van der Waals surface area contributed by atoms with Gasteiger partial charge >= 0.3 is 24.0 Å². The maximum Gasteiger partial charge on any atom is 0.407 e. The summed E-state index contributed by atoms with van der Waals surface area (Å²) in [6.07, 6.45) is 48.7. The summed E-state index contributed by atoms with van der Waals surface area (Å²) in [7, 11) is 0. The average molecular weight is 984 g/mol. The van der Waals surface area contributed by atoms with Crippen LogP contribution in [0.15, 0.2) is 48.6 Å². The van der Waals surface area contributed by atoms with E-state index in [2.05, 4.69) is 93.4 Å². The molecule has 0 spiro atoms. The van der Waals surface area contributed by atoms with Crippen LogP contribution in [0.4, 0.5) is 4.79 Å². The highest BCUT2D eigenvalue weighted by molar-refractivity contribution is 5.71. The fourth-order valence-corrected chi connectivity index (χ4v) is 8.58. The molecule has 1 aliphatic rings. The monoisotopic (exact) mass is 983 g/mol. The Kier molecular flexibility index (Phi) is 44.2. The van der Waals surface area contributed by atoms with Crippen LogP contribution >= 0.6 is 0 Å². The summed E-state index contributed by atoms with van der Waals surface area (Å²) in [5.74, 6) is -0.0728. The van der Waals surface area contributed by atoms with Gasteiger partial charge in [-0.3, -0.25) is 14.4 Å². The molecule has 10 heteroatoms. The van der Waals surface area contributed by atoms with Gasteiger partial charge in [0.1, 0.15) is 19.3 Å². The molecule has 0 saturated carbocycles. The molecular weight excluding hydrogens is 877 g/mol. The molecule has 1 saturated heterocycles. The van der Waals surface area contributed by atoms with Gasteiger partial charge in [-0.1, -0.05) is 167 Å². The number of likely N-dealkylation sites (tertiary alicyclic amines) is 1. The highest BCUT2D eigenvalue weighted by atomic mass is 16.6. The number of amides is 1. The second-order valence-corrected chi connectivity index (χ2v) is 20.5. The SMILES string of the molecule is CCCCC/C=C\C/C=C\CCCCCCCC(=O)OCC(COC(=O)CCCCCCC/C=C\C/C=C\CCCCC)OC(=O)CCC(CCC(C)CCCC(C)C)OC(=O)NCCN1CCCC1. The number of esters is 3. The minimum Gasteiger partial charge on any atom is -0.462 e. The molecular formula is C60H106N2O8. The minimum absolute atomic E-state index is 0.0176.